The van der Waals surface area contributed by atoms with Gasteiger partial charge < -0.3 is 0 Å². The molecule has 0 N–H and O–H groups in total. The number of allylic oxidation sites excluding steroid dienone is 2. The molecule has 3 heteroatoms. The van der Waals surface area contributed by atoms with Crippen LogP contribution in [0.2, 0.25) is 0 Å². The van der Waals surface area contributed by atoms with Crippen molar-refractivity contribution in [3.05, 3.63) is 11.9 Å². The van der Waals surface area contributed by atoms with E-state index < -0.39 is 11.5 Å². The first-order chi connectivity index (χ1) is 13.8. The average molecular weight is 415 g/mol. The Hall–Kier alpha value is -0.470. The number of halogens is 3. The standard InChI is InChI=1S/C26H45F3/c1-5-19(3)10-11-20(4)21-12-14-22(15-13-21)23(9-7-8-16-27)17-24-18-26(24,29)25(28)6-2/h6,19-24H,5,7-18H2,1-4H3/b25-6+. The van der Waals surface area contributed by atoms with Crippen LogP contribution in [0.5, 0.6) is 0 Å². The van der Waals surface area contributed by atoms with Crippen molar-refractivity contribution < 1.29 is 13.2 Å². The van der Waals surface area contributed by atoms with Gasteiger partial charge in [-0.3, -0.25) is 4.39 Å². The van der Waals surface area contributed by atoms with Crippen LogP contribution in [0, 0.1) is 35.5 Å². The molecule has 0 spiro atoms. The minimum absolute atomic E-state index is 0.166. The zero-order valence-electron chi connectivity index (χ0n) is 19.4. The van der Waals surface area contributed by atoms with Crippen LogP contribution in [0.25, 0.3) is 0 Å². The molecule has 2 rings (SSSR count). The summed E-state index contributed by atoms with van der Waals surface area (Å²) in [5.41, 5.74) is -1.70. The van der Waals surface area contributed by atoms with Crippen LogP contribution in [0.1, 0.15) is 105 Å². The highest BCUT2D eigenvalue weighted by Crippen LogP contribution is 2.57. The summed E-state index contributed by atoms with van der Waals surface area (Å²) in [5, 5.41) is 0. The molecule has 5 unspecified atom stereocenters. The number of hydrogen-bond donors (Lipinski definition) is 0. The van der Waals surface area contributed by atoms with Crippen LogP contribution in [0.3, 0.4) is 0 Å². The zero-order chi connectivity index (χ0) is 21.4. The SMILES string of the molecule is C/C=C(/F)C1(F)CC1CC(CCCCF)C1CCC(C(C)CCC(C)CC)CC1. The van der Waals surface area contributed by atoms with Crippen LogP contribution >= 0.6 is 0 Å². The first kappa shape index (κ1) is 24.8. The molecule has 0 nitrogen and oxygen atoms in total. The Balaban J connectivity index is 1.85. The Morgan fingerprint density at radius 1 is 1.03 bits per heavy atom. The summed E-state index contributed by atoms with van der Waals surface area (Å²) in [6.07, 6.45) is 13.8. The van der Waals surface area contributed by atoms with Crippen LogP contribution in [0.4, 0.5) is 13.2 Å². The molecule has 5 atom stereocenters. The minimum atomic E-state index is -1.70. The fourth-order valence-corrected chi connectivity index (χ4v) is 5.69. The van der Waals surface area contributed by atoms with E-state index >= 15 is 0 Å². The van der Waals surface area contributed by atoms with Gasteiger partial charge in [0.1, 0.15) is 5.83 Å². The molecule has 0 radical (unpaired) electrons. The van der Waals surface area contributed by atoms with Gasteiger partial charge in [-0.15, -0.1) is 0 Å². The molecule has 29 heavy (non-hydrogen) atoms. The molecule has 0 amide bonds. The molecule has 0 aromatic carbocycles. The molecular weight excluding hydrogens is 369 g/mol. The molecule has 2 aliphatic carbocycles. The van der Waals surface area contributed by atoms with Crippen molar-refractivity contribution in [3.8, 4) is 0 Å². The third-order valence-electron chi connectivity index (χ3n) is 8.33. The summed E-state index contributed by atoms with van der Waals surface area (Å²) < 4.78 is 41.2. The van der Waals surface area contributed by atoms with Gasteiger partial charge in [0.2, 0.25) is 0 Å². The lowest BCUT2D eigenvalue weighted by molar-refractivity contribution is 0.139. The maximum Gasteiger partial charge on any atom is 0.165 e. The number of unbranched alkanes of at least 4 members (excludes halogenated alkanes) is 1. The molecule has 0 saturated heterocycles. The summed E-state index contributed by atoms with van der Waals surface area (Å²) in [7, 11) is 0. The van der Waals surface area contributed by atoms with Crippen molar-refractivity contribution in [1.29, 1.82) is 0 Å². The first-order valence-corrected chi connectivity index (χ1v) is 12.4. The summed E-state index contributed by atoms with van der Waals surface area (Å²) in [6.45, 7) is 8.36. The molecular formula is C26H45F3. The molecule has 2 aliphatic rings. The highest BCUT2D eigenvalue weighted by Gasteiger charge is 2.59. The van der Waals surface area contributed by atoms with E-state index in [1.165, 1.54) is 51.0 Å². The third-order valence-corrected chi connectivity index (χ3v) is 8.33. The van der Waals surface area contributed by atoms with Crippen LogP contribution in [-0.2, 0) is 0 Å². The Bertz CT molecular complexity index is 494. The Kier molecular flexibility index (Phi) is 10.1. The average Bonchev–Trinajstić information content (AvgIpc) is 3.41. The Morgan fingerprint density at radius 2 is 1.69 bits per heavy atom. The van der Waals surface area contributed by atoms with Gasteiger partial charge in [-0.2, -0.15) is 0 Å². The van der Waals surface area contributed by atoms with E-state index in [0.29, 0.717) is 24.7 Å². The van der Waals surface area contributed by atoms with E-state index in [-0.39, 0.29) is 12.6 Å². The molecule has 2 fully saturated rings. The molecule has 0 aromatic heterocycles. The highest BCUT2D eigenvalue weighted by atomic mass is 19.2. The molecule has 0 aromatic rings. The quantitative estimate of drug-likeness (QED) is 0.264. The molecule has 0 bridgehead atoms. The maximum atomic E-state index is 14.7. The molecule has 2 saturated carbocycles. The second-order valence-electron chi connectivity index (χ2n) is 10.3. The molecule has 0 aliphatic heterocycles. The van der Waals surface area contributed by atoms with Gasteiger partial charge in [0.25, 0.3) is 0 Å². The first-order valence-electron chi connectivity index (χ1n) is 12.4. The minimum Gasteiger partial charge on any atom is -0.251 e. The van der Waals surface area contributed by atoms with Gasteiger partial charge in [-0.05, 0) is 81.5 Å². The van der Waals surface area contributed by atoms with Crippen molar-refractivity contribution in [2.24, 2.45) is 35.5 Å². The normalized spacial score (nSPS) is 33.3. The van der Waals surface area contributed by atoms with E-state index in [2.05, 4.69) is 20.8 Å². The fraction of sp³-hybridized carbons (Fsp3) is 0.923. The molecule has 0 heterocycles. The Morgan fingerprint density at radius 3 is 2.28 bits per heavy atom. The van der Waals surface area contributed by atoms with Crippen LogP contribution in [0.15, 0.2) is 11.9 Å². The fourth-order valence-electron chi connectivity index (χ4n) is 5.69. The van der Waals surface area contributed by atoms with Crippen LogP contribution < -0.4 is 0 Å². The second-order valence-corrected chi connectivity index (χ2v) is 10.3. The lowest BCUT2D eigenvalue weighted by Crippen LogP contribution is -2.26. The van der Waals surface area contributed by atoms with Gasteiger partial charge in [0.15, 0.2) is 5.67 Å². The van der Waals surface area contributed by atoms with Crippen molar-refractivity contribution >= 4 is 0 Å². The van der Waals surface area contributed by atoms with Gasteiger partial charge >= 0.3 is 0 Å². The lowest BCUT2D eigenvalue weighted by Gasteiger charge is -2.37. The smallest absolute Gasteiger partial charge is 0.165 e. The van der Waals surface area contributed by atoms with Crippen LogP contribution in [-0.4, -0.2) is 12.3 Å². The predicted molar refractivity (Wildman–Crippen MR) is 118 cm³/mol. The summed E-state index contributed by atoms with van der Waals surface area (Å²) in [6, 6.07) is 0. The zero-order valence-corrected chi connectivity index (χ0v) is 19.4. The van der Waals surface area contributed by atoms with Crippen molar-refractivity contribution in [1.82, 2.24) is 0 Å². The van der Waals surface area contributed by atoms with E-state index in [1.807, 2.05) is 0 Å². The van der Waals surface area contributed by atoms with E-state index in [9.17, 15) is 13.2 Å². The topological polar surface area (TPSA) is 0 Å². The summed E-state index contributed by atoms with van der Waals surface area (Å²) >= 11 is 0. The molecule has 170 valence electrons. The van der Waals surface area contributed by atoms with E-state index in [1.54, 1.807) is 6.92 Å². The van der Waals surface area contributed by atoms with Crippen molar-refractivity contribution in [3.63, 3.8) is 0 Å². The van der Waals surface area contributed by atoms with Gasteiger partial charge in [0, 0.05) is 5.92 Å². The maximum absolute atomic E-state index is 14.7. The highest BCUT2D eigenvalue weighted by molar-refractivity contribution is 5.22. The van der Waals surface area contributed by atoms with Gasteiger partial charge in [-0.1, -0.05) is 59.0 Å². The summed E-state index contributed by atoms with van der Waals surface area (Å²) in [4.78, 5) is 0. The third kappa shape index (κ3) is 7.03. The van der Waals surface area contributed by atoms with Crippen molar-refractivity contribution in [2.75, 3.05) is 6.67 Å². The van der Waals surface area contributed by atoms with E-state index in [0.717, 1.165) is 37.0 Å². The lowest BCUT2D eigenvalue weighted by atomic mass is 9.69. The number of rotatable bonds is 13. The largest absolute Gasteiger partial charge is 0.251 e. The number of alkyl halides is 2. The summed E-state index contributed by atoms with van der Waals surface area (Å²) in [5.74, 6) is 2.75. The van der Waals surface area contributed by atoms with Gasteiger partial charge in [-0.25, -0.2) is 8.78 Å². The van der Waals surface area contributed by atoms with Crippen molar-refractivity contribution in [2.45, 2.75) is 110 Å². The number of hydrogen-bond acceptors (Lipinski definition) is 0. The van der Waals surface area contributed by atoms with E-state index in [4.69, 9.17) is 0 Å². The van der Waals surface area contributed by atoms with Gasteiger partial charge in [0.05, 0.1) is 6.67 Å². The monoisotopic (exact) mass is 414 g/mol. The predicted octanol–water partition coefficient (Wildman–Crippen LogP) is 9.00. The Labute approximate surface area is 178 Å². The second kappa shape index (κ2) is 11.8.